The van der Waals surface area contributed by atoms with E-state index in [0.717, 1.165) is 18.4 Å². The summed E-state index contributed by atoms with van der Waals surface area (Å²) in [4.78, 5) is 0.327. The zero-order valence-corrected chi connectivity index (χ0v) is 13.6. The molecule has 2 fully saturated rings. The highest BCUT2D eigenvalue weighted by Crippen LogP contribution is 2.52. The van der Waals surface area contributed by atoms with Gasteiger partial charge in [0.25, 0.3) is 0 Å². The van der Waals surface area contributed by atoms with E-state index in [1.165, 1.54) is 4.31 Å². The van der Waals surface area contributed by atoms with Crippen molar-refractivity contribution in [2.45, 2.75) is 62.6 Å². The molecule has 1 aromatic carbocycles. The normalized spacial score (nSPS) is 35.6. The Morgan fingerprint density at radius 3 is 2.48 bits per heavy atom. The number of sulfonamides is 1. The standard InChI is InChI=1S/C16H23NO3S/c1-11(2)16(18)10-4-5-14-15(16)17(14)21(19,20)13-8-6-12(3)7-9-13/h6-9,11,14-15,18H,4-5,10H2,1-3H3/t14-,15-,16-,17?/m0/s1. The van der Waals surface area contributed by atoms with E-state index in [4.69, 9.17) is 0 Å². The second kappa shape index (κ2) is 4.80. The minimum atomic E-state index is -3.50. The van der Waals surface area contributed by atoms with E-state index in [1.54, 1.807) is 12.1 Å². The van der Waals surface area contributed by atoms with Crippen LogP contribution in [0.4, 0.5) is 0 Å². The van der Waals surface area contributed by atoms with Crippen molar-refractivity contribution in [1.29, 1.82) is 0 Å². The molecule has 0 bridgehead atoms. The van der Waals surface area contributed by atoms with E-state index in [0.29, 0.717) is 11.3 Å². The molecule has 21 heavy (non-hydrogen) atoms. The molecule has 1 saturated heterocycles. The lowest BCUT2D eigenvalue weighted by atomic mass is 9.77. The molecule has 1 unspecified atom stereocenters. The van der Waals surface area contributed by atoms with Gasteiger partial charge < -0.3 is 5.11 Å². The number of benzene rings is 1. The maximum atomic E-state index is 12.8. The Kier molecular flexibility index (Phi) is 3.43. The summed E-state index contributed by atoms with van der Waals surface area (Å²) in [7, 11) is -3.50. The molecule has 116 valence electrons. The predicted molar refractivity (Wildman–Crippen MR) is 81.4 cm³/mol. The van der Waals surface area contributed by atoms with Gasteiger partial charge in [0.15, 0.2) is 0 Å². The fourth-order valence-electron chi connectivity index (χ4n) is 3.63. The van der Waals surface area contributed by atoms with Gasteiger partial charge in [0.1, 0.15) is 0 Å². The summed E-state index contributed by atoms with van der Waals surface area (Å²) in [5.41, 5.74) is 0.150. The van der Waals surface area contributed by atoms with Crippen LogP contribution in [0.2, 0.25) is 0 Å². The highest BCUT2D eigenvalue weighted by atomic mass is 32.2. The number of hydrogen-bond acceptors (Lipinski definition) is 3. The van der Waals surface area contributed by atoms with Gasteiger partial charge in [-0.25, -0.2) is 8.42 Å². The van der Waals surface area contributed by atoms with E-state index < -0.39 is 15.6 Å². The monoisotopic (exact) mass is 309 g/mol. The van der Waals surface area contributed by atoms with E-state index in [9.17, 15) is 13.5 Å². The highest BCUT2D eigenvalue weighted by Gasteiger charge is 2.66. The lowest BCUT2D eigenvalue weighted by molar-refractivity contribution is -0.0291. The van der Waals surface area contributed by atoms with Gasteiger partial charge in [-0.05, 0) is 44.2 Å². The SMILES string of the molecule is Cc1ccc(S(=O)(=O)N2[C@H]3[C@@H]2CCC[C@]3(O)C(C)C)cc1. The Bertz CT molecular complexity index is 638. The van der Waals surface area contributed by atoms with Crippen LogP contribution in [0.5, 0.6) is 0 Å². The van der Waals surface area contributed by atoms with E-state index in [-0.39, 0.29) is 18.0 Å². The molecule has 4 atom stereocenters. The summed E-state index contributed by atoms with van der Waals surface area (Å²) in [6, 6.07) is 6.66. The maximum absolute atomic E-state index is 12.8. The Labute approximate surface area is 126 Å². The molecule has 1 saturated carbocycles. The first-order valence-corrected chi connectivity index (χ1v) is 9.05. The smallest absolute Gasteiger partial charge is 0.243 e. The molecule has 5 heteroatoms. The van der Waals surface area contributed by atoms with Gasteiger partial charge in [-0.3, -0.25) is 0 Å². The van der Waals surface area contributed by atoms with Crippen LogP contribution in [0.25, 0.3) is 0 Å². The van der Waals surface area contributed by atoms with Crippen LogP contribution in [0.1, 0.15) is 38.7 Å². The topological polar surface area (TPSA) is 57.4 Å². The van der Waals surface area contributed by atoms with E-state index in [1.807, 2.05) is 32.9 Å². The predicted octanol–water partition coefficient (Wildman–Crippen LogP) is 2.31. The van der Waals surface area contributed by atoms with Crippen molar-refractivity contribution in [3.8, 4) is 0 Å². The molecule has 1 heterocycles. The molecule has 2 aliphatic rings. The molecule has 3 rings (SSSR count). The summed E-state index contributed by atoms with van der Waals surface area (Å²) in [6.07, 6.45) is 2.42. The summed E-state index contributed by atoms with van der Waals surface area (Å²) in [5.74, 6) is 0.0588. The minimum Gasteiger partial charge on any atom is -0.388 e. The first kappa shape index (κ1) is 15.0. The average Bonchev–Trinajstić information content (AvgIpc) is 3.16. The largest absolute Gasteiger partial charge is 0.388 e. The molecule has 0 amide bonds. The molecular weight excluding hydrogens is 286 g/mol. The quantitative estimate of drug-likeness (QED) is 0.872. The minimum absolute atomic E-state index is 0.0301. The summed E-state index contributed by atoms with van der Waals surface area (Å²) >= 11 is 0. The number of aliphatic hydroxyl groups is 1. The molecule has 1 aromatic rings. The Morgan fingerprint density at radius 1 is 1.29 bits per heavy atom. The number of nitrogens with zero attached hydrogens (tertiary/aromatic N) is 1. The van der Waals surface area contributed by atoms with Crippen molar-refractivity contribution in [3.05, 3.63) is 29.8 Å². The van der Waals surface area contributed by atoms with Crippen molar-refractivity contribution in [1.82, 2.24) is 4.31 Å². The Morgan fingerprint density at radius 2 is 1.90 bits per heavy atom. The van der Waals surface area contributed by atoms with E-state index in [2.05, 4.69) is 0 Å². The molecule has 0 spiro atoms. The van der Waals surface area contributed by atoms with Crippen LogP contribution >= 0.6 is 0 Å². The molecule has 1 aliphatic carbocycles. The zero-order chi connectivity index (χ0) is 15.4. The molecular formula is C16H23NO3S. The van der Waals surface area contributed by atoms with Crippen molar-refractivity contribution >= 4 is 10.0 Å². The molecule has 0 radical (unpaired) electrons. The van der Waals surface area contributed by atoms with Crippen LogP contribution in [0.15, 0.2) is 29.2 Å². The van der Waals surface area contributed by atoms with Gasteiger partial charge >= 0.3 is 0 Å². The third-order valence-corrected chi connectivity index (χ3v) is 6.98. The summed E-state index contributed by atoms with van der Waals surface area (Å²) in [6.45, 7) is 5.87. The number of fused-ring (bicyclic) bond motifs is 1. The lowest BCUT2D eigenvalue weighted by Crippen LogP contribution is -2.45. The molecule has 1 aliphatic heterocycles. The van der Waals surface area contributed by atoms with Gasteiger partial charge in [0.05, 0.1) is 16.5 Å². The number of aryl methyl sites for hydroxylation is 1. The van der Waals surface area contributed by atoms with Gasteiger partial charge in [0.2, 0.25) is 10.0 Å². The molecule has 1 N–H and O–H groups in total. The van der Waals surface area contributed by atoms with Crippen LogP contribution in [0, 0.1) is 12.8 Å². The second-order valence-electron chi connectivity index (χ2n) is 6.70. The van der Waals surface area contributed by atoms with Gasteiger partial charge in [-0.15, -0.1) is 0 Å². The average molecular weight is 309 g/mol. The van der Waals surface area contributed by atoms with Gasteiger partial charge in [0, 0.05) is 6.04 Å². The maximum Gasteiger partial charge on any atom is 0.243 e. The number of rotatable bonds is 3. The van der Waals surface area contributed by atoms with Crippen LogP contribution in [-0.4, -0.2) is 35.5 Å². The van der Waals surface area contributed by atoms with Crippen LogP contribution in [0.3, 0.4) is 0 Å². The summed E-state index contributed by atoms with van der Waals surface area (Å²) < 4.78 is 27.1. The van der Waals surface area contributed by atoms with Crippen LogP contribution < -0.4 is 0 Å². The summed E-state index contributed by atoms with van der Waals surface area (Å²) in [5, 5.41) is 10.9. The van der Waals surface area contributed by atoms with Crippen molar-refractivity contribution in [2.75, 3.05) is 0 Å². The zero-order valence-electron chi connectivity index (χ0n) is 12.8. The fraction of sp³-hybridized carbons (Fsp3) is 0.625. The van der Waals surface area contributed by atoms with Crippen molar-refractivity contribution < 1.29 is 13.5 Å². The Hall–Kier alpha value is -0.910. The first-order chi connectivity index (χ1) is 9.78. The Balaban J connectivity index is 1.93. The third-order valence-electron chi connectivity index (χ3n) is 5.06. The van der Waals surface area contributed by atoms with Crippen molar-refractivity contribution in [3.63, 3.8) is 0 Å². The third kappa shape index (κ3) is 2.22. The van der Waals surface area contributed by atoms with Gasteiger partial charge in [-0.2, -0.15) is 4.31 Å². The van der Waals surface area contributed by atoms with Gasteiger partial charge in [-0.1, -0.05) is 31.5 Å². The van der Waals surface area contributed by atoms with E-state index >= 15 is 0 Å². The van der Waals surface area contributed by atoms with Crippen molar-refractivity contribution in [2.24, 2.45) is 5.92 Å². The fourth-order valence-corrected chi connectivity index (χ4v) is 5.50. The lowest BCUT2D eigenvalue weighted by Gasteiger charge is -2.34. The molecule has 0 aromatic heterocycles. The van der Waals surface area contributed by atoms with Crippen LogP contribution in [-0.2, 0) is 10.0 Å². The second-order valence-corrected chi connectivity index (χ2v) is 8.54. The first-order valence-electron chi connectivity index (χ1n) is 7.61. The molecule has 4 nitrogen and oxygen atoms in total. The number of hydrogen-bond donors (Lipinski definition) is 1. The highest BCUT2D eigenvalue weighted by molar-refractivity contribution is 7.89.